The SMILES string of the molecule is CSC1CCCC1NC(=O)C(C)(C)c1ccc(N)cc1. The molecule has 1 amide bonds. The van der Waals surface area contributed by atoms with Gasteiger partial charge in [0.1, 0.15) is 0 Å². The number of anilines is 1. The van der Waals surface area contributed by atoms with Crippen LogP contribution in [0.4, 0.5) is 5.69 Å². The minimum atomic E-state index is -0.529. The van der Waals surface area contributed by atoms with Gasteiger partial charge in [-0.25, -0.2) is 0 Å². The van der Waals surface area contributed by atoms with Crippen LogP contribution in [0.15, 0.2) is 24.3 Å². The van der Waals surface area contributed by atoms with E-state index in [1.807, 2.05) is 49.9 Å². The highest BCUT2D eigenvalue weighted by atomic mass is 32.2. The first-order valence-corrected chi connectivity index (χ1v) is 8.43. The van der Waals surface area contributed by atoms with E-state index in [9.17, 15) is 4.79 Å². The molecule has 1 aliphatic carbocycles. The van der Waals surface area contributed by atoms with Gasteiger partial charge in [0.15, 0.2) is 0 Å². The normalized spacial score (nSPS) is 22.8. The van der Waals surface area contributed by atoms with Crippen molar-refractivity contribution in [3.8, 4) is 0 Å². The fourth-order valence-corrected chi connectivity index (χ4v) is 3.69. The Kier molecular flexibility index (Phi) is 4.63. The number of nitrogen functional groups attached to an aromatic ring is 1. The number of thioether (sulfide) groups is 1. The van der Waals surface area contributed by atoms with Crippen molar-refractivity contribution in [2.75, 3.05) is 12.0 Å². The lowest BCUT2D eigenvalue weighted by Crippen LogP contribution is -2.47. The zero-order valence-electron chi connectivity index (χ0n) is 12.5. The van der Waals surface area contributed by atoms with Crippen molar-refractivity contribution in [3.63, 3.8) is 0 Å². The molecule has 0 aromatic heterocycles. The van der Waals surface area contributed by atoms with Gasteiger partial charge in [-0.05, 0) is 50.6 Å². The molecule has 4 heteroatoms. The van der Waals surface area contributed by atoms with E-state index >= 15 is 0 Å². The molecule has 0 aliphatic heterocycles. The van der Waals surface area contributed by atoms with Gasteiger partial charge >= 0.3 is 0 Å². The lowest BCUT2D eigenvalue weighted by atomic mass is 9.83. The van der Waals surface area contributed by atoms with Crippen molar-refractivity contribution in [2.45, 2.75) is 49.8 Å². The number of carbonyl (C=O) groups excluding carboxylic acids is 1. The van der Waals surface area contributed by atoms with E-state index in [2.05, 4.69) is 11.6 Å². The van der Waals surface area contributed by atoms with Crippen LogP contribution < -0.4 is 11.1 Å². The average Bonchev–Trinajstić information content (AvgIpc) is 2.86. The Balaban J connectivity index is 2.09. The monoisotopic (exact) mass is 292 g/mol. The van der Waals surface area contributed by atoms with E-state index < -0.39 is 5.41 Å². The van der Waals surface area contributed by atoms with Crippen LogP contribution in [0.1, 0.15) is 38.7 Å². The summed E-state index contributed by atoms with van der Waals surface area (Å²) in [7, 11) is 0. The molecule has 3 N–H and O–H groups in total. The van der Waals surface area contributed by atoms with Crippen molar-refractivity contribution in [1.29, 1.82) is 0 Å². The molecule has 0 radical (unpaired) electrons. The first-order valence-electron chi connectivity index (χ1n) is 7.15. The van der Waals surface area contributed by atoms with Crippen molar-refractivity contribution in [1.82, 2.24) is 5.32 Å². The van der Waals surface area contributed by atoms with E-state index in [-0.39, 0.29) is 5.91 Å². The Bertz CT molecular complexity index is 470. The molecule has 110 valence electrons. The zero-order chi connectivity index (χ0) is 14.8. The van der Waals surface area contributed by atoms with Crippen molar-refractivity contribution in [2.24, 2.45) is 0 Å². The van der Waals surface area contributed by atoms with Crippen LogP contribution in [0.3, 0.4) is 0 Å². The molecular weight excluding hydrogens is 268 g/mol. The van der Waals surface area contributed by atoms with Gasteiger partial charge in [0.25, 0.3) is 0 Å². The molecule has 0 spiro atoms. The minimum absolute atomic E-state index is 0.105. The molecular formula is C16H24N2OS. The summed E-state index contributed by atoms with van der Waals surface area (Å²) >= 11 is 1.86. The van der Waals surface area contributed by atoms with Gasteiger partial charge in [0.05, 0.1) is 5.41 Å². The fourth-order valence-electron chi connectivity index (χ4n) is 2.75. The van der Waals surface area contributed by atoms with E-state index in [1.165, 1.54) is 12.8 Å². The number of amides is 1. The number of benzene rings is 1. The molecule has 0 saturated heterocycles. The Morgan fingerprint density at radius 2 is 1.95 bits per heavy atom. The quantitative estimate of drug-likeness (QED) is 0.839. The second-order valence-electron chi connectivity index (χ2n) is 6.03. The predicted molar refractivity (Wildman–Crippen MR) is 87.0 cm³/mol. The van der Waals surface area contributed by atoms with E-state index in [1.54, 1.807) is 0 Å². The molecule has 1 aliphatic rings. The summed E-state index contributed by atoms with van der Waals surface area (Å²) in [4.78, 5) is 12.6. The average molecular weight is 292 g/mol. The second kappa shape index (κ2) is 6.08. The minimum Gasteiger partial charge on any atom is -0.399 e. The van der Waals surface area contributed by atoms with Gasteiger partial charge in [-0.1, -0.05) is 18.6 Å². The molecule has 1 aromatic carbocycles. The van der Waals surface area contributed by atoms with Gasteiger partial charge in [-0.2, -0.15) is 11.8 Å². The van der Waals surface area contributed by atoms with Crippen LogP contribution in [0, 0.1) is 0 Å². The van der Waals surface area contributed by atoms with Gasteiger partial charge in [0, 0.05) is 17.0 Å². The number of rotatable bonds is 4. The van der Waals surface area contributed by atoms with Crippen molar-refractivity contribution >= 4 is 23.4 Å². The molecule has 1 fully saturated rings. The molecule has 2 unspecified atom stereocenters. The summed E-state index contributed by atoms with van der Waals surface area (Å²) < 4.78 is 0. The van der Waals surface area contributed by atoms with Gasteiger partial charge in [0.2, 0.25) is 5.91 Å². The van der Waals surface area contributed by atoms with Gasteiger partial charge in [-0.15, -0.1) is 0 Å². The number of hydrogen-bond donors (Lipinski definition) is 2. The summed E-state index contributed by atoms with van der Waals surface area (Å²) in [5, 5.41) is 3.80. The van der Waals surface area contributed by atoms with E-state index in [0.717, 1.165) is 17.7 Å². The van der Waals surface area contributed by atoms with Crippen molar-refractivity contribution < 1.29 is 4.79 Å². The third-order valence-electron chi connectivity index (χ3n) is 4.27. The number of carbonyl (C=O) groups is 1. The third kappa shape index (κ3) is 3.11. The van der Waals surface area contributed by atoms with Gasteiger partial charge in [-0.3, -0.25) is 4.79 Å². The Hall–Kier alpha value is -1.16. The van der Waals surface area contributed by atoms with Crippen LogP contribution in [-0.2, 0) is 10.2 Å². The van der Waals surface area contributed by atoms with Crippen LogP contribution >= 0.6 is 11.8 Å². The molecule has 20 heavy (non-hydrogen) atoms. The molecule has 2 atom stereocenters. The van der Waals surface area contributed by atoms with E-state index in [0.29, 0.717) is 11.3 Å². The maximum Gasteiger partial charge on any atom is 0.230 e. The van der Waals surface area contributed by atoms with Crippen LogP contribution in [0.2, 0.25) is 0 Å². The smallest absolute Gasteiger partial charge is 0.230 e. The Morgan fingerprint density at radius 3 is 2.55 bits per heavy atom. The summed E-state index contributed by atoms with van der Waals surface area (Å²) in [6.07, 6.45) is 5.63. The molecule has 0 bridgehead atoms. The van der Waals surface area contributed by atoms with Gasteiger partial charge < -0.3 is 11.1 Å². The topological polar surface area (TPSA) is 55.1 Å². The zero-order valence-corrected chi connectivity index (χ0v) is 13.3. The predicted octanol–water partition coefficient (Wildman–Crippen LogP) is 2.95. The molecule has 0 heterocycles. The van der Waals surface area contributed by atoms with E-state index in [4.69, 9.17) is 5.73 Å². The highest BCUT2D eigenvalue weighted by Gasteiger charge is 2.34. The first kappa shape index (κ1) is 15.2. The summed E-state index contributed by atoms with van der Waals surface area (Å²) in [6, 6.07) is 7.89. The maximum absolute atomic E-state index is 12.6. The standard InChI is InChI=1S/C16H24N2OS/c1-16(2,11-7-9-12(17)10-8-11)15(19)18-13-5-4-6-14(13)20-3/h7-10,13-14H,4-6,17H2,1-3H3,(H,18,19). The molecule has 1 aromatic rings. The van der Waals surface area contributed by atoms with Crippen molar-refractivity contribution in [3.05, 3.63) is 29.8 Å². The number of nitrogens with one attached hydrogen (secondary N) is 1. The third-order valence-corrected chi connectivity index (χ3v) is 5.44. The number of nitrogens with two attached hydrogens (primary N) is 1. The van der Waals surface area contributed by atoms with Crippen LogP contribution in [-0.4, -0.2) is 23.5 Å². The summed E-state index contributed by atoms with van der Waals surface area (Å²) in [6.45, 7) is 3.94. The second-order valence-corrected chi connectivity index (χ2v) is 7.11. The highest BCUT2D eigenvalue weighted by Crippen LogP contribution is 2.30. The fraction of sp³-hybridized carbons (Fsp3) is 0.562. The first-order chi connectivity index (χ1) is 9.45. The lowest BCUT2D eigenvalue weighted by Gasteiger charge is -2.28. The van der Waals surface area contributed by atoms with Crippen LogP contribution in [0.5, 0.6) is 0 Å². The summed E-state index contributed by atoms with van der Waals surface area (Å²) in [5.41, 5.74) is 6.91. The molecule has 2 rings (SSSR count). The maximum atomic E-state index is 12.6. The van der Waals surface area contributed by atoms with Crippen LogP contribution in [0.25, 0.3) is 0 Å². The largest absolute Gasteiger partial charge is 0.399 e. The molecule has 1 saturated carbocycles. The number of hydrogen-bond acceptors (Lipinski definition) is 3. The Labute approximate surface area is 125 Å². The lowest BCUT2D eigenvalue weighted by molar-refractivity contribution is -0.126. The highest BCUT2D eigenvalue weighted by molar-refractivity contribution is 7.99. The Morgan fingerprint density at radius 1 is 1.30 bits per heavy atom. The molecule has 3 nitrogen and oxygen atoms in total. The summed E-state index contributed by atoms with van der Waals surface area (Å²) in [5.74, 6) is 0.105.